The third-order valence-electron chi connectivity index (χ3n) is 6.24. The Bertz CT molecular complexity index is 1490. The van der Waals surface area contributed by atoms with E-state index < -0.39 is 5.82 Å². The van der Waals surface area contributed by atoms with Crippen molar-refractivity contribution in [3.05, 3.63) is 104 Å². The highest BCUT2D eigenvalue weighted by molar-refractivity contribution is 9.10. The van der Waals surface area contributed by atoms with Gasteiger partial charge in [-0.05, 0) is 59.2 Å². The first-order valence-corrected chi connectivity index (χ1v) is 13.0. The van der Waals surface area contributed by atoms with Crippen LogP contribution in [-0.2, 0) is 19.5 Å². The Hall–Kier alpha value is -2.71. The first-order chi connectivity index (χ1) is 17.4. The van der Waals surface area contributed by atoms with Crippen molar-refractivity contribution in [2.75, 3.05) is 13.1 Å². The lowest BCUT2D eigenvalue weighted by Crippen LogP contribution is -2.34. The van der Waals surface area contributed by atoms with Gasteiger partial charge in [0.1, 0.15) is 11.0 Å². The summed E-state index contributed by atoms with van der Waals surface area (Å²) in [5.41, 5.74) is 4.69. The molecule has 0 unspecified atom stereocenters. The van der Waals surface area contributed by atoms with Crippen LogP contribution in [0.15, 0.2) is 65.3 Å². The monoisotopic (exact) mass is 586 g/mol. The Morgan fingerprint density at radius 3 is 2.83 bits per heavy atom. The minimum Gasteiger partial charge on any atom is -0.333 e. The van der Waals surface area contributed by atoms with E-state index in [4.69, 9.17) is 23.2 Å². The van der Waals surface area contributed by atoms with Gasteiger partial charge in [0.25, 0.3) is 0 Å². The Kier molecular flexibility index (Phi) is 7.44. The SMILES string of the molecule is O=C(NCc1ccnc(Cl)c1)n1c2c(c3cc(Br)ccc31)CN(CC=Cc1ccc(Cl)c(F)c1)CC2. The molecule has 0 atom stereocenters. The normalized spacial score (nSPS) is 13.9. The van der Waals surface area contributed by atoms with Crippen molar-refractivity contribution in [3.63, 3.8) is 0 Å². The number of hydrogen-bond acceptors (Lipinski definition) is 3. The Morgan fingerprint density at radius 2 is 2.03 bits per heavy atom. The van der Waals surface area contributed by atoms with Crippen LogP contribution in [0.3, 0.4) is 0 Å². The van der Waals surface area contributed by atoms with Crippen molar-refractivity contribution in [2.24, 2.45) is 0 Å². The molecule has 2 aromatic carbocycles. The zero-order chi connectivity index (χ0) is 25.2. The van der Waals surface area contributed by atoms with Gasteiger partial charge in [-0.3, -0.25) is 9.47 Å². The molecular formula is C27H22BrCl2FN4O. The summed E-state index contributed by atoms with van der Waals surface area (Å²) in [5.74, 6) is -0.426. The van der Waals surface area contributed by atoms with Crippen molar-refractivity contribution in [3.8, 4) is 0 Å². The summed E-state index contributed by atoms with van der Waals surface area (Å²) in [4.78, 5) is 19.6. The van der Waals surface area contributed by atoms with Crippen LogP contribution in [0.5, 0.6) is 0 Å². The maximum Gasteiger partial charge on any atom is 0.326 e. The van der Waals surface area contributed by atoms with Gasteiger partial charge in [-0.15, -0.1) is 0 Å². The van der Waals surface area contributed by atoms with Crippen molar-refractivity contribution in [2.45, 2.75) is 19.5 Å². The number of carbonyl (C=O) groups is 1. The second kappa shape index (κ2) is 10.7. The highest BCUT2D eigenvalue weighted by atomic mass is 79.9. The van der Waals surface area contributed by atoms with Gasteiger partial charge in [0, 0.05) is 54.3 Å². The number of hydrogen-bond donors (Lipinski definition) is 1. The van der Waals surface area contributed by atoms with Crippen LogP contribution in [0.1, 0.15) is 22.4 Å². The van der Waals surface area contributed by atoms with Crippen molar-refractivity contribution in [1.29, 1.82) is 0 Å². The van der Waals surface area contributed by atoms with Gasteiger partial charge in [-0.2, -0.15) is 0 Å². The van der Waals surface area contributed by atoms with E-state index in [9.17, 15) is 9.18 Å². The maximum atomic E-state index is 13.7. The molecule has 9 heteroatoms. The van der Waals surface area contributed by atoms with Crippen LogP contribution >= 0.6 is 39.1 Å². The van der Waals surface area contributed by atoms with E-state index in [1.165, 1.54) is 6.07 Å². The molecule has 5 nitrogen and oxygen atoms in total. The van der Waals surface area contributed by atoms with E-state index in [2.05, 4.69) is 37.2 Å². The number of fused-ring (bicyclic) bond motifs is 3. The summed E-state index contributed by atoms with van der Waals surface area (Å²) in [6.45, 7) is 2.58. The number of pyridine rings is 1. The molecule has 2 aromatic heterocycles. The number of halogens is 4. The lowest BCUT2D eigenvalue weighted by molar-refractivity contribution is 0.240. The second-order valence-corrected chi connectivity index (χ2v) is 10.3. The molecule has 1 amide bonds. The minimum absolute atomic E-state index is 0.117. The summed E-state index contributed by atoms with van der Waals surface area (Å²) in [7, 11) is 0. The molecule has 0 radical (unpaired) electrons. The third kappa shape index (κ3) is 5.34. The average molecular weight is 588 g/mol. The summed E-state index contributed by atoms with van der Waals surface area (Å²) >= 11 is 15.3. The summed E-state index contributed by atoms with van der Waals surface area (Å²) in [6.07, 6.45) is 6.28. The third-order valence-corrected chi connectivity index (χ3v) is 7.25. The Labute approximate surface area is 226 Å². The molecule has 5 rings (SSSR count). The summed E-state index contributed by atoms with van der Waals surface area (Å²) in [5, 5.41) is 4.58. The molecular weight excluding hydrogens is 566 g/mol. The van der Waals surface area contributed by atoms with Crippen molar-refractivity contribution in [1.82, 2.24) is 19.8 Å². The predicted molar refractivity (Wildman–Crippen MR) is 146 cm³/mol. The van der Waals surface area contributed by atoms with Crippen LogP contribution in [0.2, 0.25) is 10.2 Å². The average Bonchev–Trinajstić information content (AvgIpc) is 3.18. The quantitative estimate of drug-likeness (QED) is 0.254. The molecule has 0 spiro atoms. The molecule has 3 heterocycles. The standard InChI is InChI=1S/C27H22BrCl2FN4O/c28-19-4-6-24-20(14-19)21-16-34(10-1-2-17-3-5-22(29)23(31)12-17)11-8-25(21)35(24)27(36)33-15-18-7-9-32-26(30)13-18/h1-7,9,12-14H,8,10-11,15-16H2,(H,33,36). The van der Waals surface area contributed by atoms with Gasteiger partial charge in [-0.25, -0.2) is 14.2 Å². The first-order valence-electron chi connectivity index (χ1n) is 11.4. The van der Waals surface area contributed by atoms with Gasteiger partial charge in [0.2, 0.25) is 0 Å². The summed E-state index contributed by atoms with van der Waals surface area (Å²) in [6, 6.07) is 14.2. The van der Waals surface area contributed by atoms with Gasteiger partial charge < -0.3 is 5.32 Å². The predicted octanol–water partition coefficient (Wildman–Crippen LogP) is 7.07. The van der Waals surface area contributed by atoms with Crippen LogP contribution in [0, 0.1) is 5.82 Å². The lowest BCUT2D eigenvalue weighted by Gasteiger charge is -2.27. The molecule has 1 aliphatic heterocycles. The Balaban J connectivity index is 1.36. The number of benzene rings is 2. The zero-order valence-electron chi connectivity index (χ0n) is 19.1. The van der Waals surface area contributed by atoms with Gasteiger partial charge in [0.15, 0.2) is 0 Å². The van der Waals surface area contributed by atoms with Crippen molar-refractivity contribution < 1.29 is 9.18 Å². The topological polar surface area (TPSA) is 50.2 Å². The van der Waals surface area contributed by atoms with E-state index in [0.717, 1.165) is 50.7 Å². The van der Waals surface area contributed by atoms with Crippen LogP contribution in [0.4, 0.5) is 9.18 Å². The highest BCUT2D eigenvalue weighted by Crippen LogP contribution is 2.33. The largest absolute Gasteiger partial charge is 0.333 e. The second-order valence-electron chi connectivity index (χ2n) is 8.63. The number of amides is 1. The van der Waals surface area contributed by atoms with E-state index in [1.807, 2.05) is 30.4 Å². The fourth-order valence-electron chi connectivity index (χ4n) is 4.54. The molecule has 0 bridgehead atoms. The fourth-order valence-corrected chi connectivity index (χ4v) is 5.21. The van der Waals surface area contributed by atoms with E-state index in [0.29, 0.717) is 24.8 Å². The van der Waals surface area contributed by atoms with Gasteiger partial charge in [0.05, 0.1) is 10.5 Å². The van der Waals surface area contributed by atoms with Gasteiger partial charge in [-0.1, -0.05) is 57.4 Å². The van der Waals surface area contributed by atoms with E-state index in [-0.39, 0.29) is 11.1 Å². The van der Waals surface area contributed by atoms with Crippen LogP contribution in [0.25, 0.3) is 17.0 Å². The maximum absolute atomic E-state index is 13.7. The lowest BCUT2D eigenvalue weighted by atomic mass is 10.0. The number of aromatic nitrogens is 2. The smallest absolute Gasteiger partial charge is 0.326 e. The minimum atomic E-state index is -0.426. The summed E-state index contributed by atoms with van der Waals surface area (Å²) < 4.78 is 16.5. The number of nitrogens with zero attached hydrogens (tertiary/aromatic N) is 3. The fraction of sp³-hybridized carbons (Fsp3) is 0.185. The molecule has 0 aliphatic carbocycles. The molecule has 1 aliphatic rings. The number of carbonyl (C=O) groups excluding carboxylic acids is 1. The number of rotatable bonds is 5. The van der Waals surface area contributed by atoms with Crippen molar-refractivity contribution >= 4 is 62.1 Å². The first kappa shape index (κ1) is 25.0. The molecule has 184 valence electrons. The van der Waals surface area contributed by atoms with Gasteiger partial charge >= 0.3 is 6.03 Å². The zero-order valence-corrected chi connectivity index (χ0v) is 22.2. The molecule has 36 heavy (non-hydrogen) atoms. The van der Waals surface area contributed by atoms with E-state index >= 15 is 0 Å². The molecule has 1 N–H and O–H groups in total. The van der Waals surface area contributed by atoms with Crippen LogP contribution in [-0.4, -0.2) is 33.6 Å². The number of nitrogens with one attached hydrogen (secondary N) is 1. The Morgan fingerprint density at radius 1 is 1.17 bits per heavy atom. The molecule has 0 saturated carbocycles. The highest BCUT2D eigenvalue weighted by Gasteiger charge is 2.26. The molecule has 4 aromatic rings. The molecule has 0 saturated heterocycles. The van der Waals surface area contributed by atoms with Crippen LogP contribution < -0.4 is 5.32 Å². The van der Waals surface area contributed by atoms with E-state index in [1.54, 1.807) is 29.0 Å². The molecule has 0 fully saturated rings.